The molecule has 6 nitrogen and oxygen atoms in total. The fourth-order valence-corrected chi connectivity index (χ4v) is 2.92. The summed E-state index contributed by atoms with van der Waals surface area (Å²) < 4.78 is 15.9. The molecule has 0 N–H and O–H groups in total. The SMILES string of the molecule is COc1ccc(OC[C@@H]2CCCN(Cc3nonc3C)C2)cc1. The first-order chi connectivity index (χ1) is 11.2. The number of ether oxygens (including phenoxy) is 2. The normalized spacial score (nSPS) is 18.8. The van der Waals surface area contributed by atoms with Crippen molar-refractivity contribution in [3.63, 3.8) is 0 Å². The quantitative estimate of drug-likeness (QED) is 0.816. The van der Waals surface area contributed by atoms with Gasteiger partial charge in [0.1, 0.15) is 22.9 Å². The van der Waals surface area contributed by atoms with E-state index in [1.807, 2.05) is 31.2 Å². The summed E-state index contributed by atoms with van der Waals surface area (Å²) in [6.07, 6.45) is 2.38. The Bertz CT molecular complexity index is 612. The third-order valence-electron chi connectivity index (χ3n) is 4.27. The number of rotatable bonds is 6. The van der Waals surface area contributed by atoms with Crippen molar-refractivity contribution in [2.75, 3.05) is 26.8 Å². The summed E-state index contributed by atoms with van der Waals surface area (Å²) in [6, 6.07) is 7.74. The van der Waals surface area contributed by atoms with Crippen molar-refractivity contribution in [2.24, 2.45) is 5.92 Å². The van der Waals surface area contributed by atoms with Crippen LogP contribution in [0.2, 0.25) is 0 Å². The van der Waals surface area contributed by atoms with Crippen LogP contribution in [0.3, 0.4) is 0 Å². The predicted octanol–water partition coefficient (Wildman–Crippen LogP) is 2.68. The van der Waals surface area contributed by atoms with Crippen molar-refractivity contribution >= 4 is 0 Å². The zero-order chi connectivity index (χ0) is 16.1. The standard InChI is InChI=1S/C17H23N3O3/c1-13-17(19-23-18-13)11-20-9-3-4-14(10-20)12-22-16-7-5-15(21-2)6-8-16/h5-8,14H,3-4,9-12H2,1-2H3/t14-/m1/s1. The minimum Gasteiger partial charge on any atom is -0.497 e. The second kappa shape index (κ2) is 7.46. The van der Waals surface area contributed by atoms with Gasteiger partial charge in [0.2, 0.25) is 0 Å². The average molecular weight is 317 g/mol. The lowest BCUT2D eigenvalue weighted by Crippen LogP contribution is -2.37. The summed E-state index contributed by atoms with van der Waals surface area (Å²) in [7, 11) is 1.67. The Morgan fingerprint density at radius 2 is 2.00 bits per heavy atom. The molecule has 6 heteroatoms. The lowest BCUT2D eigenvalue weighted by Gasteiger charge is -2.32. The summed E-state index contributed by atoms with van der Waals surface area (Å²) in [6.45, 7) is 5.57. The lowest BCUT2D eigenvalue weighted by atomic mass is 9.99. The Hall–Kier alpha value is -2.08. The Labute approximate surface area is 136 Å². The van der Waals surface area contributed by atoms with E-state index in [1.165, 1.54) is 12.8 Å². The van der Waals surface area contributed by atoms with Gasteiger partial charge in [0.25, 0.3) is 0 Å². The minimum atomic E-state index is 0.533. The highest BCUT2D eigenvalue weighted by Crippen LogP contribution is 2.22. The maximum Gasteiger partial charge on any atom is 0.122 e. The van der Waals surface area contributed by atoms with E-state index in [9.17, 15) is 0 Å². The highest BCUT2D eigenvalue weighted by atomic mass is 16.6. The van der Waals surface area contributed by atoms with Crippen LogP contribution in [0.4, 0.5) is 0 Å². The third kappa shape index (κ3) is 4.22. The number of piperidine rings is 1. The fraction of sp³-hybridized carbons (Fsp3) is 0.529. The van der Waals surface area contributed by atoms with E-state index in [1.54, 1.807) is 7.11 Å². The van der Waals surface area contributed by atoms with E-state index >= 15 is 0 Å². The van der Waals surface area contributed by atoms with Crippen molar-refractivity contribution < 1.29 is 14.1 Å². The Morgan fingerprint density at radius 1 is 1.22 bits per heavy atom. The molecule has 1 aliphatic rings. The van der Waals surface area contributed by atoms with Gasteiger partial charge in [-0.1, -0.05) is 10.3 Å². The Kier molecular flexibility index (Phi) is 5.12. The zero-order valence-corrected chi connectivity index (χ0v) is 13.7. The van der Waals surface area contributed by atoms with Crippen LogP contribution in [0.1, 0.15) is 24.2 Å². The van der Waals surface area contributed by atoms with E-state index < -0.39 is 0 Å². The van der Waals surface area contributed by atoms with Crippen molar-refractivity contribution in [1.29, 1.82) is 0 Å². The maximum atomic E-state index is 5.92. The van der Waals surface area contributed by atoms with Gasteiger partial charge in [0, 0.05) is 19.0 Å². The van der Waals surface area contributed by atoms with Crippen molar-refractivity contribution in [3.05, 3.63) is 35.7 Å². The smallest absolute Gasteiger partial charge is 0.122 e. The molecule has 0 amide bonds. The molecule has 1 aliphatic heterocycles. The van der Waals surface area contributed by atoms with Crippen molar-refractivity contribution in [3.8, 4) is 11.5 Å². The first kappa shape index (κ1) is 15.8. The molecule has 124 valence electrons. The molecule has 1 fully saturated rings. The fourth-order valence-electron chi connectivity index (χ4n) is 2.92. The monoisotopic (exact) mass is 317 g/mol. The van der Waals surface area contributed by atoms with Gasteiger partial charge < -0.3 is 9.47 Å². The average Bonchev–Trinajstić information content (AvgIpc) is 2.99. The highest BCUT2D eigenvalue weighted by Gasteiger charge is 2.22. The number of hydrogen-bond acceptors (Lipinski definition) is 6. The molecule has 2 heterocycles. The number of methoxy groups -OCH3 is 1. The van der Waals surface area contributed by atoms with Gasteiger partial charge in [-0.25, -0.2) is 4.63 Å². The number of likely N-dealkylation sites (tertiary alicyclic amines) is 1. The highest BCUT2D eigenvalue weighted by molar-refractivity contribution is 5.31. The number of aromatic nitrogens is 2. The van der Waals surface area contributed by atoms with Gasteiger partial charge in [-0.05, 0) is 50.6 Å². The van der Waals surface area contributed by atoms with Gasteiger partial charge >= 0.3 is 0 Å². The maximum absolute atomic E-state index is 5.92. The number of hydrogen-bond donors (Lipinski definition) is 0. The van der Waals surface area contributed by atoms with Gasteiger partial charge in [0.15, 0.2) is 0 Å². The van der Waals surface area contributed by atoms with Crippen LogP contribution in [0.15, 0.2) is 28.9 Å². The van der Waals surface area contributed by atoms with E-state index in [-0.39, 0.29) is 0 Å². The van der Waals surface area contributed by atoms with Crippen LogP contribution in [0, 0.1) is 12.8 Å². The zero-order valence-electron chi connectivity index (χ0n) is 13.7. The molecular weight excluding hydrogens is 294 g/mol. The second-order valence-corrected chi connectivity index (χ2v) is 6.03. The molecule has 0 bridgehead atoms. The summed E-state index contributed by atoms with van der Waals surface area (Å²) in [5.74, 6) is 2.27. The largest absolute Gasteiger partial charge is 0.497 e. The van der Waals surface area contributed by atoms with E-state index in [2.05, 4.69) is 15.2 Å². The van der Waals surface area contributed by atoms with Crippen LogP contribution in [0.5, 0.6) is 11.5 Å². The molecule has 0 spiro atoms. The van der Waals surface area contributed by atoms with Crippen LogP contribution < -0.4 is 9.47 Å². The number of nitrogens with zero attached hydrogens (tertiary/aromatic N) is 3. The number of aryl methyl sites for hydroxylation is 1. The van der Waals surface area contributed by atoms with Gasteiger partial charge in [-0.15, -0.1) is 0 Å². The minimum absolute atomic E-state index is 0.533. The molecule has 3 rings (SSSR count). The molecule has 2 aromatic rings. The van der Waals surface area contributed by atoms with Gasteiger partial charge in [-0.2, -0.15) is 0 Å². The van der Waals surface area contributed by atoms with Crippen LogP contribution in [0.25, 0.3) is 0 Å². The molecular formula is C17H23N3O3. The summed E-state index contributed by atoms with van der Waals surface area (Å²) in [5, 5.41) is 7.82. The summed E-state index contributed by atoms with van der Waals surface area (Å²) in [4.78, 5) is 2.40. The summed E-state index contributed by atoms with van der Waals surface area (Å²) in [5.41, 5.74) is 1.81. The second-order valence-electron chi connectivity index (χ2n) is 6.03. The summed E-state index contributed by atoms with van der Waals surface area (Å²) >= 11 is 0. The number of benzene rings is 1. The molecule has 0 saturated carbocycles. The molecule has 1 atom stereocenters. The Balaban J connectivity index is 1.49. The van der Waals surface area contributed by atoms with E-state index in [0.29, 0.717) is 5.92 Å². The predicted molar refractivity (Wildman–Crippen MR) is 85.5 cm³/mol. The first-order valence-electron chi connectivity index (χ1n) is 8.02. The van der Waals surface area contributed by atoms with E-state index in [4.69, 9.17) is 14.1 Å². The first-order valence-corrected chi connectivity index (χ1v) is 8.02. The van der Waals surface area contributed by atoms with Crippen LogP contribution >= 0.6 is 0 Å². The molecule has 1 saturated heterocycles. The van der Waals surface area contributed by atoms with Crippen molar-refractivity contribution in [1.82, 2.24) is 15.2 Å². The van der Waals surface area contributed by atoms with Gasteiger partial charge in [0.05, 0.1) is 13.7 Å². The molecule has 1 aromatic heterocycles. The Morgan fingerprint density at radius 3 is 2.70 bits per heavy atom. The third-order valence-corrected chi connectivity index (χ3v) is 4.27. The molecule has 0 radical (unpaired) electrons. The van der Waals surface area contributed by atoms with Crippen LogP contribution in [-0.4, -0.2) is 42.0 Å². The molecule has 0 unspecified atom stereocenters. The van der Waals surface area contributed by atoms with Gasteiger partial charge in [-0.3, -0.25) is 4.90 Å². The van der Waals surface area contributed by atoms with Crippen molar-refractivity contribution in [2.45, 2.75) is 26.3 Å². The molecule has 23 heavy (non-hydrogen) atoms. The molecule has 1 aromatic carbocycles. The van der Waals surface area contributed by atoms with Crippen LogP contribution in [-0.2, 0) is 6.54 Å². The lowest BCUT2D eigenvalue weighted by molar-refractivity contribution is 0.122. The topological polar surface area (TPSA) is 60.6 Å². The van der Waals surface area contributed by atoms with E-state index in [0.717, 1.165) is 49.1 Å². The molecule has 0 aliphatic carbocycles.